The van der Waals surface area contributed by atoms with Gasteiger partial charge in [0.2, 0.25) is 5.82 Å². The minimum atomic E-state index is -4.64. The first-order valence-corrected chi connectivity index (χ1v) is 12.0. The third-order valence-corrected chi connectivity index (χ3v) is 4.82. The molecule has 1 aliphatic heterocycles. The Kier molecular flexibility index (Phi) is 8.25. The summed E-state index contributed by atoms with van der Waals surface area (Å²) in [5.41, 5.74) is 1.84. The molecule has 0 bridgehead atoms. The highest BCUT2D eigenvalue weighted by Gasteiger charge is 2.35. The number of cyclic esters (lactones) is 1. The molecule has 4 N–H and O–H groups in total. The molecule has 0 aliphatic carbocycles. The summed E-state index contributed by atoms with van der Waals surface area (Å²) >= 11 is 0. The van der Waals surface area contributed by atoms with Gasteiger partial charge in [-0.25, -0.2) is 13.8 Å². The number of benzene rings is 1. The van der Waals surface area contributed by atoms with Gasteiger partial charge >= 0.3 is 13.9 Å². The SMILES string of the molecule is CCCn1nnc(-c2ccc(-c3ccc(N4C[C@@H](C(C)O)OC4=O)cc3F)cn2)n1.O=P(O)(O)O. The Labute approximate surface area is 199 Å². The number of amides is 1. The molecule has 15 heteroatoms. The number of carbonyl (C=O) groups excluding carboxylic acids is 1. The molecule has 1 aromatic carbocycles. The molecule has 1 saturated heterocycles. The second-order valence-corrected chi connectivity index (χ2v) is 8.62. The summed E-state index contributed by atoms with van der Waals surface area (Å²) in [6, 6.07) is 7.93. The Bertz CT molecular complexity index is 1210. The lowest BCUT2D eigenvalue weighted by molar-refractivity contribution is 0.0437. The summed E-state index contributed by atoms with van der Waals surface area (Å²) in [4.78, 5) is 40.7. The number of aromatic nitrogens is 5. The van der Waals surface area contributed by atoms with Gasteiger partial charge in [-0.15, -0.1) is 10.2 Å². The number of anilines is 1. The van der Waals surface area contributed by atoms with Crippen molar-refractivity contribution in [1.82, 2.24) is 25.2 Å². The highest BCUT2D eigenvalue weighted by atomic mass is 31.2. The van der Waals surface area contributed by atoms with Crippen LogP contribution >= 0.6 is 7.82 Å². The molecule has 1 amide bonds. The maximum absolute atomic E-state index is 14.8. The van der Waals surface area contributed by atoms with Gasteiger partial charge in [0.15, 0.2) is 0 Å². The lowest BCUT2D eigenvalue weighted by Gasteiger charge is -2.15. The van der Waals surface area contributed by atoms with Gasteiger partial charge in [0, 0.05) is 17.3 Å². The molecule has 13 nitrogen and oxygen atoms in total. The Hall–Kier alpha value is -3.29. The maximum atomic E-state index is 14.8. The molecule has 0 saturated carbocycles. The van der Waals surface area contributed by atoms with Crippen molar-refractivity contribution in [1.29, 1.82) is 0 Å². The minimum Gasteiger partial charge on any atom is -0.441 e. The van der Waals surface area contributed by atoms with Gasteiger partial charge in [0.1, 0.15) is 17.6 Å². The van der Waals surface area contributed by atoms with E-state index >= 15 is 0 Å². The molecule has 4 rings (SSSR count). The number of phosphoric acid groups is 1. The van der Waals surface area contributed by atoms with Crippen LogP contribution in [0.4, 0.5) is 14.9 Å². The zero-order valence-corrected chi connectivity index (χ0v) is 19.7. The Morgan fingerprint density at radius 2 is 1.97 bits per heavy atom. The molecular weight excluding hydrogens is 486 g/mol. The summed E-state index contributed by atoms with van der Waals surface area (Å²) in [6.07, 6.45) is 0.391. The van der Waals surface area contributed by atoms with Crippen LogP contribution in [0.3, 0.4) is 0 Å². The summed E-state index contributed by atoms with van der Waals surface area (Å²) in [5.74, 6) is -0.0895. The van der Waals surface area contributed by atoms with E-state index in [-0.39, 0.29) is 6.54 Å². The van der Waals surface area contributed by atoms with Gasteiger partial charge in [0.05, 0.1) is 24.9 Å². The summed E-state index contributed by atoms with van der Waals surface area (Å²) in [7, 11) is -4.64. The second kappa shape index (κ2) is 11.0. The minimum absolute atomic E-state index is 0.164. The molecule has 35 heavy (non-hydrogen) atoms. The van der Waals surface area contributed by atoms with Crippen LogP contribution in [0.5, 0.6) is 0 Å². The number of hydrogen-bond donors (Lipinski definition) is 4. The van der Waals surface area contributed by atoms with Crippen molar-refractivity contribution in [3.63, 3.8) is 0 Å². The fourth-order valence-corrected chi connectivity index (χ4v) is 3.18. The molecule has 2 aromatic heterocycles. The van der Waals surface area contributed by atoms with Gasteiger partial charge in [-0.2, -0.15) is 4.80 Å². The lowest BCUT2D eigenvalue weighted by Crippen LogP contribution is -2.29. The largest absolute Gasteiger partial charge is 0.466 e. The second-order valence-electron chi connectivity index (χ2n) is 7.59. The van der Waals surface area contributed by atoms with Crippen molar-refractivity contribution in [2.75, 3.05) is 11.4 Å². The molecule has 3 aromatic rings. The van der Waals surface area contributed by atoms with E-state index in [1.807, 2.05) is 6.92 Å². The van der Waals surface area contributed by atoms with Gasteiger partial charge in [-0.1, -0.05) is 13.0 Å². The zero-order valence-electron chi connectivity index (χ0n) is 18.8. The van der Waals surface area contributed by atoms with E-state index in [0.29, 0.717) is 34.9 Å². The number of aryl methyl sites for hydroxylation is 1. The number of tetrazole rings is 1. The Morgan fingerprint density at radius 3 is 2.51 bits per heavy atom. The standard InChI is InChI=1S/C20H21FN6O3.H3O4P/c1-3-8-27-24-19(23-25-27)17-7-4-13(10-22-17)15-6-5-14(9-16(15)21)26-11-18(12(2)28)30-20(26)29;1-5(2,3)4/h4-7,9-10,12,18,28H,3,8,11H2,1-2H3;(H3,1,2,3,4)/t12?,18-;/m0./s1. The number of hydrogen-bond acceptors (Lipinski definition) is 8. The van der Waals surface area contributed by atoms with Gasteiger partial charge in [0.25, 0.3) is 0 Å². The van der Waals surface area contributed by atoms with E-state index in [2.05, 4.69) is 20.4 Å². The number of aliphatic hydroxyl groups is 1. The first kappa shape index (κ1) is 26.3. The third kappa shape index (κ3) is 7.10. The summed E-state index contributed by atoms with van der Waals surface area (Å²) in [5, 5.41) is 21.8. The smallest absolute Gasteiger partial charge is 0.441 e. The van der Waals surface area contributed by atoms with E-state index in [0.717, 1.165) is 6.42 Å². The zero-order chi connectivity index (χ0) is 25.8. The first-order chi connectivity index (χ1) is 16.5. The average molecular weight is 510 g/mol. The molecule has 1 unspecified atom stereocenters. The van der Waals surface area contributed by atoms with Gasteiger partial charge < -0.3 is 24.5 Å². The number of aliphatic hydroxyl groups excluding tert-OH is 1. The molecular formula is C20H24FN6O7P. The van der Waals surface area contributed by atoms with Crippen molar-refractivity contribution < 1.29 is 38.3 Å². The molecule has 1 fully saturated rings. The molecule has 1 aliphatic rings. The van der Waals surface area contributed by atoms with E-state index in [9.17, 15) is 14.3 Å². The number of ether oxygens (including phenoxy) is 1. The highest BCUT2D eigenvalue weighted by Crippen LogP contribution is 2.30. The summed E-state index contributed by atoms with van der Waals surface area (Å²) in [6.45, 7) is 4.40. The van der Waals surface area contributed by atoms with Gasteiger partial charge in [-0.3, -0.25) is 9.88 Å². The number of pyridine rings is 1. The van der Waals surface area contributed by atoms with E-state index in [4.69, 9.17) is 24.0 Å². The fourth-order valence-electron chi connectivity index (χ4n) is 3.18. The van der Waals surface area contributed by atoms with Gasteiger partial charge in [-0.05, 0) is 42.8 Å². The quantitative estimate of drug-likeness (QED) is 0.354. The van der Waals surface area contributed by atoms with Crippen molar-refractivity contribution >= 4 is 19.6 Å². The number of carbonyl (C=O) groups is 1. The fraction of sp³-hybridized carbons (Fsp3) is 0.350. The Balaban J connectivity index is 0.000000623. The third-order valence-electron chi connectivity index (χ3n) is 4.82. The van der Waals surface area contributed by atoms with Crippen LogP contribution in [0.25, 0.3) is 22.6 Å². The summed E-state index contributed by atoms with van der Waals surface area (Å²) < 4.78 is 28.8. The molecule has 0 radical (unpaired) electrons. The van der Waals surface area contributed by atoms with Crippen LogP contribution in [0.15, 0.2) is 36.5 Å². The molecule has 2 atom stereocenters. The number of halogens is 1. The van der Waals surface area contributed by atoms with E-state index in [1.54, 1.807) is 37.4 Å². The van der Waals surface area contributed by atoms with Crippen LogP contribution in [0, 0.1) is 5.82 Å². The average Bonchev–Trinajstić information content (AvgIpc) is 3.40. The first-order valence-electron chi connectivity index (χ1n) is 10.4. The van der Waals surface area contributed by atoms with Crippen molar-refractivity contribution in [3.8, 4) is 22.6 Å². The van der Waals surface area contributed by atoms with Crippen LogP contribution in [0.1, 0.15) is 20.3 Å². The van der Waals surface area contributed by atoms with Crippen LogP contribution in [-0.2, 0) is 15.8 Å². The topological polar surface area (TPSA) is 184 Å². The highest BCUT2D eigenvalue weighted by molar-refractivity contribution is 7.45. The predicted octanol–water partition coefficient (Wildman–Crippen LogP) is 1.73. The van der Waals surface area contributed by atoms with Crippen LogP contribution in [-0.4, -0.2) is 69.8 Å². The van der Waals surface area contributed by atoms with E-state index in [1.165, 1.54) is 15.8 Å². The van der Waals surface area contributed by atoms with Crippen LogP contribution < -0.4 is 4.90 Å². The lowest BCUT2D eigenvalue weighted by atomic mass is 10.1. The van der Waals surface area contributed by atoms with Crippen LogP contribution in [0.2, 0.25) is 0 Å². The monoisotopic (exact) mass is 510 g/mol. The van der Waals surface area contributed by atoms with E-state index < -0.39 is 31.9 Å². The molecule has 0 spiro atoms. The normalized spacial score (nSPS) is 16.5. The van der Waals surface area contributed by atoms with Crippen molar-refractivity contribution in [3.05, 3.63) is 42.3 Å². The number of rotatable bonds is 6. The number of nitrogens with zero attached hydrogens (tertiary/aromatic N) is 6. The van der Waals surface area contributed by atoms with Crippen molar-refractivity contribution in [2.24, 2.45) is 0 Å². The maximum Gasteiger partial charge on any atom is 0.466 e. The predicted molar refractivity (Wildman–Crippen MR) is 120 cm³/mol. The van der Waals surface area contributed by atoms with Crippen molar-refractivity contribution in [2.45, 2.75) is 39.0 Å². The molecule has 188 valence electrons. The Morgan fingerprint density at radius 1 is 1.26 bits per heavy atom. The molecule has 3 heterocycles.